The van der Waals surface area contributed by atoms with Crippen molar-refractivity contribution in [2.45, 2.75) is 104 Å². The molecule has 0 unspecified atom stereocenters. The monoisotopic (exact) mass is 711 g/mol. The summed E-state index contributed by atoms with van der Waals surface area (Å²) in [6.45, 7) is 7.81. The lowest BCUT2D eigenvalue weighted by Crippen LogP contribution is -2.59. The minimum Gasteiger partial charge on any atom is -0.489 e. The van der Waals surface area contributed by atoms with E-state index in [1.165, 1.54) is 14.2 Å². The Labute approximate surface area is 302 Å². The van der Waals surface area contributed by atoms with Crippen LogP contribution in [-0.2, 0) is 32.2 Å². The first-order chi connectivity index (χ1) is 24.4. The predicted octanol–water partition coefficient (Wildman–Crippen LogP) is 4.68. The number of carbonyl (C=O) groups excluding carboxylic acids is 4. The molecule has 282 valence electrons. The second-order valence-corrected chi connectivity index (χ2v) is 13.9. The summed E-state index contributed by atoms with van der Waals surface area (Å²) in [6, 6.07) is 14.8. The maximum Gasteiger partial charge on any atom is 0.407 e. The summed E-state index contributed by atoms with van der Waals surface area (Å²) in [7, 11) is 2.46. The van der Waals surface area contributed by atoms with E-state index in [4.69, 9.17) is 14.2 Å². The van der Waals surface area contributed by atoms with Crippen LogP contribution in [0.25, 0.3) is 0 Å². The summed E-state index contributed by atoms with van der Waals surface area (Å²) in [5, 5.41) is 21.6. The van der Waals surface area contributed by atoms with Crippen LogP contribution in [0.3, 0.4) is 0 Å². The molecule has 0 bridgehead atoms. The molecular weight excluding hydrogens is 654 g/mol. The Kier molecular flexibility index (Phi) is 17.0. The van der Waals surface area contributed by atoms with Crippen molar-refractivity contribution in [1.29, 1.82) is 0 Å². The van der Waals surface area contributed by atoms with Crippen LogP contribution < -0.4 is 26.1 Å². The van der Waals surface area contributed by atoms with Crippen molar-refractivity contribution >= 4 is 24.0 Å². The minimum absolute atomic E-state index is 0.0462. The maximum absolute atomic E-state index is 13.6. The average Bonchev–Trinajstić information content (AvgIpc) is 3.12. The lowest BCUT2D eigenvalue weighted by Gasteiger charge is -2.35. The molecule has 0 heterocycles. The number of carbonyl (C=O) groups is 4. The van der Waals surface area contributed by atoms with Gasteiger partial charge in [0, 0.05) is 13.1 Å². The number of alkyl carbamates (subject to hydrolysis) is 2. The van der Waals surface area contributed by atoms with Crippen LogP contribution in [0.4, 0.5) is 9.59 Å². The fourth-order valence-electron chi connectivity index (χ4n) is 6.19. The highest BCUT2D eigenvalue weighted by Gasteiger charge is 2.33. The van der Waals surface area contributed by atoms with Crippen LogP contribution in [0.2, 0.25) is 0 Å². The number of methoxy groups -OCH3 is 2. The van der Waals surface area contributed by atoms with Crippen molar-refractivity contribution in [1.82, 2.24) is 26.4 Å². The summed E-state index contributed by atoms with van der Waals surface area (Å²) in [5.41, 5.74) is 4.77. The topological polar surface area (TPSA) is 168 Å². The van der Waals surface area contributed by atoms with E-state index in [0.29, 0.717) is 24.7 Å². The van der Waals surface area contributed by atoms with E-state index in [1.54, 1.807) is 18.9 Å². The smallest absolute Gasteiger partial charge is 0.407 e. The average molecular weight is 712 g/mol. The van der Waals surface area contributed by atoms with E-state index in [9.17, 15) is 24.3 Å². The van der Waals surface area contributed by atoms with Gasteiger partial charge in [-0.3, -0.25) is 15.0 Å². The first-order valence-corrected chi connectivity index (χ1v) is 17.9. The van der Waals surface area contributed by atoms with Gasteiger partial charge >= 0.3 is 12.2 Å². The Morgan fingerprint density at radius 3 is 1.88 bits per heavy atom. The molecule has 3 rings (SSSR count). The van der Waals surface area contributed by atoms with Gasteiger partial charge in [-0.1, -0.05) is 102 Å². The van der Waals surface area contributed by atoms with Gasteiger partial charge < -0.3 is 35.3 Å². The second kappa shape index (κ2) is 21.1. The molecule has 5 N–H and O–H groups in total. The Balaban J connectivity index is 1.84. The molecule has 0 spiro atoms. The number of aliphatic hydroxyl groups excluding tert-OH is 1. The van der Waals surface area contributed by atoms with Crippen molar-refractivity contribution in [2.75, 3.05) is 20.8 Å². The number of nitrogens with zero attached hydrogens (tertiary/aromatic N) is 1. The molecule has 1 fully saturated rings. The molecule has 0 aromatic heterocycles. The molecule has 1 aliphatic carbocycles. The summed E-state index contributed by atoms with van der Waals surface area (Å²) < 4.78 is 15.4. The van der Waals surface area contributed by atoms with Gasteiger partial charge in [-0.2, -0.15) is 0 Å². The number of benzene rings is 2. The largest absolute Gasteiger partial charge is 0.489 e. The number of amides is 4. The Morgan fingerprint density at radius 2 is 1.33 bits per heavy atom. The van der Waals surface area contributed by atoms with Crippen LogP contribution in [0.1, 0.15) is 77.3 Å². The van der Waals surface area contributed by atoms with Crippen LogP contribution in [0, 0.1) is 17.8 Å². The standard InChI is InChI=1S/C38H57N5O8/c1-25(2)33(40-37(47)49-5)35(45)39-31(21-27-13-9-7-10-14-27)32(44)23-43(42-36(46)34(26(3)4)41-38(48)50-6)22-28-17-19-30(20-18-28)51-24-29-15-11-8-12-16-29/h8,11-12,15-20,25-27,31-34,44H,7,9-10,13-14,21-24H2,1-6H3,(H,39,45)(H,40,47)(H,41,48)(H,42,46)/t31-,32-,33-,34-/m0/s1. The van der Waals surface area contributed by atoms with Crippen molar-refractivity contribution < 1.29 is 38.5 Å². The number of hydrazine groups is 1. The summed E-state index contributed by atoms with van der Waals surface area (Å²) in [6.07, 6.45) is 3.25. The van der Waals surface area contributed by atoms with Crippen molar-refractivity contribution in [2.24, 2.45) is 17.8 Å². The highest BCUT2D eigenvalue weighted by molar-refractivity contribution is 5.86. The van der Waals surface area contributed by atoms with E-state index in [2.05, 4.69) is 21.4 Å². The molecule has 0 radical (unpaired) electrons. The SMILES string of the molecule is COC(=O)N[C@H](C(=O)N[C@@H](CC1CCCCC1)[C@@H](O)CN(Cc1ccc(OCc2ccccc2)cc1)NC(=O)[C@@H](NC(=O)OC)C(C)C)C(C)C. The van der Waals surface area contributed by atoms with Crippen LogP contribution in [0.5, 0.6) is 5.75 Å². The molecule has 0 saturated heterocycles. The molecule has 2 aromatic carbocycles. The highest BCUT2D eigenvalue weighted by atomic mass is 16.5. The molecule has 2 aromatic rings. The van der Waals surface area contributed by atoms with Gasteiger partial charge in [-0.15, -0.1) is 0 Å². The lowest BCUT2D eigenvalue weighted by atomic mass is 9.83. The third-order valence-electron chi connectivity index (χ3n) is 9.14. The van der Waals surface area contributed by atoms with Gasteiger partial charge in [0.2, 0.25) is 5.91 Å². The molecule has 13 nitrogen and oxygen atoms in total. The number of nitrogens with one attached hydrogen (secondary N) is 4. The second-order valence-electron chi connectivity index (χ2n) is 13.9. The van der Waals surface area contributed by atoms with E-state index in [0.717, 1.165) is 43.2 Å². The normalized spacial score (nSPS) is 15.7. The van der Waals surface area contributed by atoms with Gasteiger partial charge in [-0.05, 0) is 47.4 Å². The van der Waals surface area contributed by atoms with Crippen LogP contribution in [0.15, 0.2) is 54.6 Å². The van der Waals surface area contributed by atoms with E-state index in [-0.39, 0.29) is 24.9 Å². The fraction of sp³-hybridized carbons (Fsp3) is 0.579. The lowest BCUT2D eigenvalue weighted by molar-refractivity contribution is -0.131. The van der Waals surface area contributed by atoms with Gasteiger partial charge in [0.15, 0.2) is 0 Å². The number of rotatable bonds is 18. The third kappa shape index (κ3) is 14.1. The zero-order chi connectivity index (χ0) is 37.3. The molecular formula is C38H57N5O8. The van der Waals surface area contributed by atoms with Gasteiger partial charge in [0.1, 0.15) is 24.4 Å². The van der Waals surface area contributed by atoms with Crippen molar-refractivity contribution in [3.63, 3.8) is 0 Å². The van der Waals surface area contributed by atoms with Crippen molar-refractivity contribution in [3.05, 3.63) is 65.7 Å². The summed E-state index contributed by atoms with van der Waals surface area (Å²) in [5.74, 6) is -0.464. The summed E-state index contributed by atoms with van der Waals surface area (Å²) >= 11 is 0. The Hall–Kier alpha value is -4.36. The van der Waals surface area contributed by atoms with Crippen LogP contribution >= 0.6 is 0 Å². The summed E-state index contributed by atoms with van der Waals surface area (Å²) in [4.78, 5) is 51.3. The Bertz CT molecular complexity index is 1370. The number of hydrogen-bond donors (Lipinski definition) is 5. The molecule has 51 heavy (non-hydrogen) atoms. The first kappa shape index (κ1) is 41.1. The molecule has 4 atom stereocenters. The molecule has 1 aliphatic rings. The quantitative estimate of drug-likeness (QED) is 0.138. The maximum atomic E-state index is 13.6. The van der Waals surface area contributed by atoms with Gasteiger partial charge in [-0.25, -0.2) is 14.6 Å². The molecule has 13 heteroatoms. The zero-order valence-corrected chi connectivity index (χ0v) is 30.9. The van der Waals surface area contributed by atoms with E-state index < -0.39 is 48.2 Å². The molecule has 1 saturated carbocycles. The fourth-order valence-corrected chi connectivity index (χ4v) is 6.19. The predicted molar refractivity (Wildman–Crippen MR) is 193 cm³/mol. The molecule has 0 aliphatic heterocycles. The Morgan fingerprint density at radius 1 is 0.765 bits per heavy atom. The van der Waals surface area contributed by atoms with Gasteiger partial charge in [0.25, 0.3) is 5.91 Å². The van der Waals surface area contributed by atoms with Crippen molar-refractivity contribution in [3.8, 4) is 5.75 Å². The molecule has 4 amide bonds. The third-order valence-corrected chi connectivity index (χ3v) is 9.14. The highest BCUT2D eigenvalue weighted by Crippen LogP contribution is 2.28. The first-order valence-electron chi connectivity index (χ1n) is 17.9. The number of hydrogen-bond acceptors (Lipinski definition) is 9. The minimum atomic E-state index is -1.11. The van der Waals surface area contributed by atoms with Crippen LogP contribution in [-0.4, -0.2) is 79.1 Å². The van der Waals surface area contributed by atoms with E-state index in [1.807, 2.05) is 68.4 Å². The van der Waals surface area contributed by atoms with Gasteiger partial charge in [0.05, 0.1) is 26.4 Å². The zero-order valence-electron chi connectivity index (χ0n) is 30.9. The number of aliphatic hydroxyl groups is 1. The van der Waals surface area contributed by atoms with E-state index >= 15 is 0 Å². The number of ether oxygens (including phenoxy) is 3.